The molecule has 0 atom stereocenters. The molecule has 4 N–H and O–H groups in total. The molecule has 2 heterocycles. The molecule has 0 saturated heterocycles. The molecule has 8 heteroatoms. The summed E-state index contributed by atoms with van der Waals surface area (Å²) in [5, 5.41) is 5.63. The first-order valence-electron chi connectivity index (χ1n) is 10.0. The Hall–Kier alpha value is -4.20. The minimum atomic E-state index is -0.387. The number of carbonyl (C=O) groups excluding carboxylic acids is 2. The Morgan fingerprint density at radius 2 is 1.69 bits per heavy atom. The second-order valence-corrected chi connectivity index (χ2v) is 7.46. The second kappa shape index (κ2) is 8.89. The third kappa shape index (κ3) is 4.59. The Labute approximate surface area is 184 Å². The van der Waals surface area contributed by atoms with E-state index < -0.39 is 0 Å². The number of benzene rings is 2. The quantitative estimate of drug-likeness (QED) is 0.408. The van der Waals surface area contributed by atoms with E-state index in [9.17, 15) is 14.0 Å². The van der Waals surface area contributed by atoms with Crippen molar-refractivity contribution >= 4 is 23.1 Å². The first-order valence-corrected chi connectivity index (χ1v) is 10.0. The molecular weight excluding hydrogens is 409 g/mol. The maximum absolute atomic E-state index is 13.4. The first kappa shape index (κ1) is 21.0. The summed E-state index contributed by atoms with van der Waals surface area (Å²) in [5.74, 6) is -0.979. The number of anilines is 1. The van der Waals surface area contributed by atoms with Crippen LogP contribution < -0.4 is 16.4 Å². The Balaban J connectivity index is 1.47. The van der Waals surface area contributed by atoms with Crippen molar-refractivity contribution in [3.05, 3.63) is 101 Å². The number of pyridine rings is 1. The van der Waals surface area contributed by atoms with Crippen LogP contribution in [0.4, 0.5) is 10.1 Å². The number of nitrogens with two attached hydrogens (primary N) is 1. The molecule has 0 radical (unpaired) electrons. The molecule has 0 fully saturated rings. The van der Waals surface area contributed by atoms with Crippen molar-refractivity contribution < 1.29 is 14.0 Å². The number of halogens is 1. The van der Waals surface area contributed by atoms with E-state index in [4.69, 9.17) is 5.73 Å². The number of aryl methyl sites for hydroxylation is 1. The van der Waals surface area contributed by atoms with Crippen LogP contribution in [-0.2, 0) is 13.1 Å². The minimum absolute atomic E-state index is 0.180. The molecular formula is C24H22FN5O2. The Kier molecular flexibility index (Phi) is 5.85. The van der Waals surface area contributed by atoms with Crippen LogP contribution in [0, 0.1) is 12.7 Å². The zero-order valence-corrected chi connectivity index (χ0v) is 17.4. The van der Waals surface area contributed by atoms with Crippen LogP contribution in [0.3, 0.4) is 0 Å². The van der Waals surface area contributed by atoms with Gasteiger partial charge in [-0.3, -0.25) is 14.0 Å². The maximum Gasteiger partial charge on any atom is 0.271 e. The number of amides is 2. The fraction of sp³-hybridized carbons (Fsp3) is 0.125. The van der Waals surface area contributed by atoms with Crippen molar-refractivity contribution in [1.82, 2.24) is 20.0 Å². The smallest absolute Gasteiger partial charge is 0.271 e. The van der Waals surface area contributed by atoms with Crippen molar-refractivity contribution in [3.63, 3.8) is 0 Å². The van der Waals surface area contributed by atoms with Crippen LogP contribution >= 0.6 is 0 Å². The summed E-state index contributed by atoms with van der Waals surface area (Å²) in [6.45, 7) is 2.23. The number of hydrogen-bond donors (Lipinski definition) is 3. The van der Waals surface area contributed by atoms with E-state index in [1.165, 1.54) is 12.3 Å². The molecule has 7 nitrogen and oxygen atoms in total. The predicted octanol–water partition coefficient (Wildman–Crippen LogP) is 3.22. The number of carbonyl (C=O) groups is 2. The molecule has 0 aliphatic carbocycles. The Morgan fingerprint density at radius 3 is 2.44 bits per heavy atom. The minimum Gasteiger partial charge on any atom is -0.399 e. The van der Waals surface area contributed by atoms with Gasteiger partial charge in [0.25, 0.3) is 11.8 Å². The summed E-state index contributed by atoms with van der Waals surface area (Å²) in [5.41, 5.74) is 9.59. The summed E-state index contributed by atoms with van der Waals surface area (Å²) in [4.78, 5) is 29.7. The van der Waals surface area contributed by atoms with Gasteiger partial charge in [0.2, 0.25) is 0 Å². The number of nitrogens with one attached hydrogen (secondary N) is 2. The van der Waals surface area contributed by atoms with Crippen LogP contribution in [0.5, 0.6) is 0 Å². The van der Waals surface area contributed by atoms with Crippen molar-refractivity contribution in [2.24, 2.45) is 0 Å². The van der Waals surface area contributed by atoms with Crippen molar-refractivity contribution in [3.8, 4) is 0 Å². The van der Waals surface area contributed by atoms with Gasteiger partial charge in [0, 0.05) is 25.0 Å². The lowest BCUT2D eigenvalue weighted by Gasteiger charge is -2.08. The molecule has 162 valence electrons. The van der Waals surface area contributed by atoms with Crippen LogP contribution in [0.15, 0.2) is 66.9 Å². The largest absolute Gasteiger partial charge is 0.399 e. The van der Waals surface area contributed by atoms with Gasteiger partial charge in [0.1, 0.15) is 22.9 Å². The molecule has 0 spiro atoms. The van der Waals surface area contributed by atoms with Crippen LogP contribution in [0.2, 0.25) is 0 Å². The summed E-state index contributed by atoms with van der Waals surface area (Å²) in [6.07, 6.45) is 1.52. The monoisotopic (exact) mass is 431 g/mol. The Bertz CT molecular complexity index is 1310. The standard InChI is InChI=1S/C24H22FN5O2/c1-15-10-17(8-9-19(15)25)13-27-23(31)20-14-30-21(6-3-7-22(30)29-20)24(32)28-12-16-4-2-5-18(26)11-16/h2-11,14H,12-13,26H2,1H3,(H,27,31)(H,28,32). The molecule has 0 aliphatic heterocycles. The topological polar surface area (TPSA) is 102 Å². The normalized spacial score (nSPS) is 10.8. The van der Waals surface area contributed by atoms with E-state index in [2.05, 4.69) is 15.6 Å². The van der Waals surface area contributed by atoms with E-state index in [-0.39, 0.29) is 29.9 Å². The number of fused-ring (bicyclic) bond motifs is 1. The highest BCUT2D eigenvalue weighted by atomic mass is 19.1. The molecule has 2 amide bonds. The number of rotatable bonds is 6. The lowest BCUT2D eigenvalue weighted by Crippen LogP contribution is -2.25. The van der Waals surface area contributed by atoms with Gasteiger partial charge in [0.15, 0.2) is 0 Å². The molecule has 0 unspecified atom stereocenters. The van der Waals surface area contributed by atoms with E-state index in [1.807, 2.05) is 12.1 Å². The zero-order chi connectivity index (χ0) is 22.7. The summed E-state index contributed by atoms with van der Waals surface area (Å²) >= 11 is 0. The van der Waals surface area contributed by atoms with E-state index in [1.54, 1.807) is 53.8 Å². The maximum atomic E-state index is 13.4. The number of aromatic nitrogens is 2. The van der Waals surface area contributed by atoms with Crippen LogP contribution in [-0.4, -0.2) is 21.2 Å². The Morgan fingerprint density at radius 1 is 0.969 bits per heavy atom. The highest BCUT2D eigenvalue weighted by Crippen LogP contribution is 2.12. The SMILES string of the molecule is Cc1cc(CNC(=O)c2cn3c(C(=O)NCc4cccc(N)c4)cccc3n2)ccc1F. The molecule has 32 heavy (non-hydrogen) atoms. The van der Waals surface area contributed by atoms with E-state index in [0.29, 0.717) is 29.1 Å². The average molecular weight is 431 g/mol. The summed E-state index contributed by atoms with van der Waals surface area (Å²) in [7, 11) is 0. The number of nitrogens with zero attached hydrogens (tertiary/aromatic N) is 2. The van der Waals surface area contributed by atoms with Crippen molar-refractivity contribution in [1.29, 1.82) is 0 Å². The highest BCUT2D eigenvalue weighted by Gasteiger charge is 2.15. The molecule has 4 aromatic rings. The van der Waals surface area contributed by atoms with Gasteiger partial charge < -0.3 is 16.4 Å². The van der Waals surface area contributed by atoms with E-state index >= 15 is 0 Å². The summed E-state index contributed by atoms with van der Waals surface area (Å²) in [6, 6.07) is 17.0. The van der Waals surface area contributed by atoms with Gasteiger partial charge >= 0.3 is 0 Å². The lowest BCUT2D eigenvalue weighted by molar-refractivity contribution is 0.0935. The first-order chi connectivity index (χ1) is 15.4. The predicted molar refractivity (Wildman–Crippen MR) is 120 cm³/mol. The molecule has 2 aromatic carbocycles. The van der Waals surface area contributed by atoms with Gasteiger partial charge in [-0.25, -0.2) is 9.37 Å². The molecule has 2 aromatic heterocycles. The molecule has 4 rings (SSSR count). The zero-order valence-electron chi connectivity index (χ0n) is 17.4. The molecule has 0 bridgehead atoms. The third-order valence-corrected chi connectivity index (χ3v) is 5.04. The van der Waals surface area contributed by atoms with Gasteiger partial charge in [-0.05, 0) is 53.9 Å². The van der Waals surface area contributed by atoms with Gasteiger partial charge in [-0.15, -0.1) is 0 Å². The van der Waals surface area contributed by atoms with Crippen LogP contribution in [0.25, 0.3) is 5.65 Å². The molecule has 0 aliphatic rings. The second-order valence-electron chi connectivity index (χ2n) is 7.46. The van der Waals surface area contributed by atoms with E-state index in [0.717, 1.165) is 11.1 Å². The number of hydrogen-bond acceptors (Lipinski definition) is 4. The van der Waals surface area contributed by atoms with Crippen molar-refractivity contribution in [2.45, 2.75) is 20.0 Å². The van der Waals surface area contributed by atoms with Crippen LogP contribution in [0.1, 0.15) is 37.7 Å². The fourth-order valence-electron chi connectivity index (χ4n) is 3.37. The van der Waals surface area contributed by atoms with Crippen molar-refractivity contribution in [2.75, 3.05) is 5.73 Å². The number of nitrogen functional groups attached to an aromatic ring is 1. The lowest BCUT2D eigenvalue weighted by atomic mass is 10.1. The highest BCUT2D eigenvalue weighted by molar-refractivity contribution is 5.95. The van der Waals surface area contributed by atoms with Gasteiger partial charge in [-0.1, -0.05) is 30.3 Å². The van der Waals surface area contributed by atoms with Gasteiger partial charge in [0.05, 0.1) is 0 Å². The molecule has 0 saturated carbocycles. The summed E-state index contributed by atoms with van der Waals surface area (Å²) < 4.78 is 15.0. The third-order valence-electron chi connectivity index (χ3n) is 5.04. The van der Waals surface area contributed by atoms with Gasteiger partial charge in [-0.2, -0.15) is 0 Å². The fourth-order valence-corrected chi connectivity index (χ4v) is 3.37. The average Bonchev–Trinajstić information content (AvgIpc) is 3.22. The number of imidazole rings is 1.